The molecular weight excluding hydrogens is 428 g/mol. The fourth-order valence-electron chi connectivity index (χ4n) is 5.32. The smallest absolute Gasteiger partial charge is 0.260 e. The third-order valence-corrected chi connectivity index (χ3v) is 7.21. The molecule has 0 spiro atoms. The summed E-state index contributed by atoms with van der Waals surface area (Å²) in [7, 11) is 0. The predicted molar refractivity (Wildman–Crippen MR) is 132 cm³/mol. The number of benzene rings is 2. The molecule has 0 saturated carbocycles. The lowest BCUT2D eigenvalue weighted by Crippen LogP contribution is -2.36. The summed E-state index contributed by atoms with van der Waals surface area (Å²) < 4.78 is 17.2. The van der Waals surface area contributed by atoms with Gasteiger partial charge in [0.15, 0.2) is 18.1 Å². The number of carbonyl (C=O) groups is 1. The molecule has 0 radical (unpaired) electrons. The first-order valence-electron chi connectivity index (χ1n) is 12.8. The summed E-state index contributed by atoms with van der Waals surface area (Å²) in [6.07, 6.45) is 7.13. The van der Waals surface area contributed by atoms with Gasteiger partial charge in [0.05, 0.1) is 0 Å². The van der Waals surface area contributed by atoms with Crippen molar-refractivity contribution in [1.29, 1.82) is 0 Å². The molecule has 6 nitrogen and oxygen atoms in total. The molecule has 3 aliphatic rings. The van der Waals surface area contributed by atoms with Gasteiger partial charge in [0.25, 0.3) is 5.91 Å². The van der Waals surface area contributed by atoms with Gasteiger partial charge in [-0.05, 0) is 73.5 Å². The summed E-state index contributed by atoms with van der Waals surface area (Å²) in [5.74, 6) is 3.19. The highest BCUT2D eigenvalue weighted by Gasteiger charge is 2.21. The van der Waals surface area contributed by atoms with Crippen LogP contribution in [-0.4, -0.2) is 55.3 Å². The maximum Gasteiger partial charge on any atom is 0.260 e. The highest BCUT2D eigenvalue weighted by molar-refractivity contribution is 5.78. The lowest BCUT2D eigenvalue weighted by Gasteiger charge is -2.31. The Labute approximate surface area is 202 Å². The van der Waals surface area contributed by atoms with Crippen LogP contribution >= 0.6 is 0 Å². The summed E-state index contributed by atoms with van der Waals surface area (Å²) >= 11 is 0. The monoisotopic (exact) mass is 464 g/mol. The van der Waals surface area contributed by atoms with Gasteiger partial charge < -0.3 is 19.1 Å². The lowest BCUT2D eigenvalue weighted by atomic mass is 9.98. The number of amides is 1. The van der Waals surface area contributed by atoms with Crippen LogP contribution in [0, 0.1) is 5.92 Å². The van der Waals surface area contributed by atoms with E-state index in [-0.39, 0.29) is 19.3 Å². The molecule has 5 rings (SSSR count). The van der Waals surface area contributed by atoms with E-state index in [4.69, 9.17) is 14.2 Å². The van der Waals surface area contributed by atoms with Crippen molar-refractivity contribution >= 4 is 5.91 Å². The average molecular weight is 465 g/mol. The van der Waals surface area contributed by atoms with Crippen molar-refractivity contribution in [3.05, 3.63) is 42.0 Å². The highest BCUT2D eigenvalue weighted by atomic mass is 16.7. The molecule has 1 atom stereocenters. The van der Waals surface area contributed by atoms with Gasteiger partial charge >= 0.3 is 0 Å². The van der Waals surface area contributed by atoms with E-state index in [2.05, 4.69) is 30.0 Å². The van der Waals surface area contributed by atoms with Crippen molar-refractivity contribution in [2.24, 2.45) is 5.92 Å². The molecule has 0 N–H and O–H groups in total. The van der Waals surface area contributed by atoms with Crippen LogP contribution in [0.25, 0.3) is 11.1 Å². The zero-order valence-electron chi connectivity index (χ0n) is 20.3. The minimum atomic E-state index is 0.0966. The first-order valence-corrected chi connectivity index (χ1v) is 12.8. The van der Waals surface area contributed by atoms with E-state index in [1.807, 2.05) is 23.1 Å². The summed E-state index contributed by atoms with van der Waals surface area (Å²) in [4.78, 5) is 17.3. The maximum atomic E-state index is 12.8. The molecule has 0 bridgehead atoms. The summed E-state index contributed by atoms with van der Waals surface area (Å²) in [6.45, 7) is 7.43. The minimum Gasteiger partial charge on any atom is -0.483 e. The normalized spacial score (nSPS) is 20.7. The molecule has 6 heteroatoms. The number of likely N-dealkylation sites (tertiary alicyclic amines) is 2. The van der Waals surface area contributed by atoms with Gasteiger partial charge in [0.1, 0.15) is 5.75 Å². The molecule has 1 amide bonds. The highest BCUT2D eigenvalue weighted by Crippen LogP contribution is 2.37. The summed E-state index contributed by atoms with van der Waals surface area (Å²) in [5, 5.41) is 0. The number of rotatable bonds is 6. The Hall–Kier alpha value is -2.73. The quantitative estimate of drug-likeness (QED) is 0.596. The number of nitrogens with zero attached hydrogens (tertiary/aromatic N) is 2. The first-order chi connectivity index (χ1) is 16.7. The van der Waals surface area contributed by atoms with E-state index >= 15 is 0 Å². The molecule has 0 aromatic heterocycles. The molecule has 0 aliphatic carbocycles. The number of piperidine rings is 1. The fourth-order valence-corrected chi connectivity index (χ4v) is 5.32. The Kier molecular flexibility index (Phi) is 7.24. The van der Waals surface area contributed by atoms with Gasteiger partial charge in [-0.3, -0.25) is 9.69 Å². The molecule has 3 aliphatic heterocycles. The maximum absolute atomic E-state index is 12.8. The molecule has 2 aromatic carbocycles. The average Bonchev–Trinajstić information content (AvgIpc) is 3.14. The summed E-state index contributed by atoms with van der Waals surface area (Å²) in [5.41, 5.74) is 3.34. The van der Waals surface area contributed by atoms with Crippen LogP contribution < -0.4 is 14.2 Å². The third kappa shape index (κ3) is 5.49. The van der Waals surface area contributed by atoms with Gasteiger partial charge in [0, 0.05) is 31.7 Å². The van der Waals surface area contributed by atoms with Crippen molar-refractivity contribution in [3.63, 3.8) is 0 Å². The van der Waals surface area contributed by atoms with Crippen LogP contribution in [0.2, 0.25) is 0 Å². The van der Waals surface area contributed by atoms with Crippen molar-refractivity contribution in [3.8, 4) is 28.4 Å². The second-order valence-corrected chi connectivity index (χ2v) is 9.96. The van der Waals surface area contributed by atoms with Gasteiger partial charge in [-0.1, -0.05) is 31.9 Å². The van der Waals surface area contributed by atoms with Crippen LogP contribution in [0.4, 0.5) is 0 Å². The Bertz CT molecular complexity index is 1000. The summed E-state index contributed by atoms with van der Waals surface area (Å²) in [6, 6.07) is 12.4. The van der Waals surface area contributed by atoms with Crippen molar-refractivity contribution in [1.82, 2.24) is 9.80 Å². The van der Waals surface area contributed by atoms with Gasteiger partial charge in [-0.15, -0.1) is 0 Å². The Morgan fingerprint density at radius 1 is 0.941 bits per heavy atom. The van der Waals surface area contributed by atoms with E-state index in [1.165, 1.54) is 25.7 Å². The number of hydrogen-bond acceptors (Lipinski definition) is 5. The molecule has 182 valence electrons. The molecule has 3 heterocycles. The SMILES string of the molecule is C[C@@H]1CCCN(Cc2cc(-c3ccc4c(c3)OCO4)ccc2OCC(=O)N2CCCCCC2)C1. The first kappa shape index (κ1) is 23.0. The zero-order valence-corrected chi connectivity index (χ0v) is 20.3. The Morgan fingerprint density at radius 2 is 1.71 bits per heavy atom. The number of hydrogen-bond donors (Lipinski definition) is 0. The number of fused-ring (bicyclic) bond motifs is 1. The molecular formula is C28H36N2O4. The van der Waals surface area contributed by atoms with Gasteiger partial charge in [0.2, 0.25) is 6.79 Å². The molecule has 2 fully saturated rings. The van der Waals surface area contributed by atoms with Crippen LogP contribution in [-0.2, 0) is 11.3 Å². The standard InChI is InChI=1S/C28H36N2O4/c1-21-7-6-12-29(17-21)18-24-15-22(23-9-11-26-27(16-23)34-20-33-26)8-10-25(24)32-19-28(31)30-13-4-2-3-5-14-30/h8-11,15-16,21H,2-7,12-14,17-20H2,1H3/t21-/m1/s1. The number of carbonyl (C=O) groups excluding carboxylic acids is 1. The van der Waals surface area contributed by atoms with Crippen LogP contribution in [0.1, 0.15) is 51.0 Å². The van der Waals surface area contributed by atoms with Gasteiger partial charge in [-0.25, -0.2) is 0 Å². The van der Waals surface area contributed by atoms with E-state index in [0.717, 1.165) is 79.5 Å². The molecule has 34 heavy (non-hydrogen) atoms. The van der Waals surface area contributed by atoms with Crippen molar-refractivity contribution in [2.45, 2.75) is 52.0 Å². The van der Waals surface area contributed by atoms with E-state index in [0.29, 0.717) is 5.92 Å². The fraction of sp³-hybridized carbons (Fsp3) is 0.536. The lowest BCUT2D eigenvalue weighted by molar-refractivity contribution is -0.133. The minimum absolute atomic E-state index is 0.0966. The topological polar surface area (TPSA) is 51.2 Å². The molecule has 2 saturated heterocycles. The van der Waals surface area contributed by atoms with Crippen molar-refractivity contribution in [2.75, 3.05) is 39.6 Å². The van der Waals surface area contributed by atoms with Crippen LogP contribution in [0.5, 0.6) is 17.2 Å². The largest absolute Gasteiger partial charge is 0.483 e. The predicted octanol–water partition coefficient (Wildman–Crippen LogP) is 5.10. The van der Waals surface area contributed by atoms with Crippen molar-refractivity contribution < 1.29 is 19.0 Å². The van der Waals surface area contributed by atoms with Crippen LogP contribution in [0.15, 0.2) is 36.4 Å². The third-order valence-electron chi connectivity index (χ3n) is 7.21. The second-order valence-electron chi connectivity index (χ2n) is 9.96. The van der Waals surface area contributed by atoms with E-state index in [9.17, 15) is 4.79 Å². The van der Waals surface area contributed by atoms with Gasteiger partial charge in [-0.2, -0.15) is 0 Å². The molecule has 0 unspecified atom stereocenters. The Balaban J connectivity index is 1.35. The molecule has 2 aromatic rings. The zero-order chi connectivity index (χ0) is 23.3. The number of ether oxygens (including phenoxy) is 3. The van der Waals surface area contributed by atoms with E-state index in [1.54, 1.807) is 0 Å². The Morgan fingerprint density at radius 3 is 2.53 bits per heavy atom. The van der Waals surface area contributed by atoms with E-state index < -0.39 is 0 Å². The van der Waals surface area contributed by atoms with Crippen LogP contribution in [0.3, 0.4) is 0 Å². The second kappa shape index (κ2) is 10.7.